The van der Waals surface area contributed by atoms with Crippen molar-refractivity contribution in [2.24, 2.45) is 17.8 Å². The Hall–Kier alpha value is -0.610. The molecule has 0 aromatic rings. The molecule has 23 heavy (non-hydrogen) atoms. The van der Waals surface area contributed by atoms with E-state index in [0.29, 0.717) is 23.3 Å². The van der Waals surface area contributed by atoms with Gasteiger partial charge in [-0.2, -0.15) is 0 Å². The zero-order chi connectivity index (χ0) is 17.0. The lowest BCUT2D eigenvalue weighted by Crippen LogP contribution is -2.51. The van der Waals surface area contributed by atoms with Crippen molar-refractivity contribution in [2.75, 3.05) is 26.2 Å². The first-order chi connectivity index (χ1) is 10.6. The number of fused-ring (bicyclic) bond motifs is 1. The average Bonchev–Trinajstić information content (AvgIpc) is 2.92. The van der Waals surface area contributed by atoms with Crippen LogP contribution in [-0.2, 0) is 4.79 Å². The van der Waals surface area contributed by atoms with Crippen molar-refractivity contribution < 1.29 is 4.79 Å². The van der Waals surface area contributed by atoms with Crippen LogP contribution < -0.4 is 5.32 Å². The van der Waals surface area contributed by atoms with Gasteiger partial charge >= 0.3 is 0 Å². The molecular formula is C19H35N3O. The van der Waals surface area contributed by atoms with E-state index in [1.165, 1.54) is 25.9 Å². The highest BCUT2D eigenvalue weighted by molar-refractivity contribution is 5.83. The van der Waals surface area contributed by atoms with Crippen molar-refractivity contribution in [1.82, 2.24) is 15.1 Å². The van der Waals surface area contributed by atoms with Crippen molar-refractivity contribution in [1.29, 1.82) is 0 Å². The van der Waals surface area contributed by atoms with E-state index in [9.17, 15) is 4.79 Å². The Morgan fingerprint density at radius 2 is 1.48 bits per heavy atom. The Morgan fingerprint density at radius 1 is 0.957 bits per heavy atom. The van der Waals surface area contributed by atoms with E-state index >= 15 is 0 Å². The van der Waals surface area contributed by atoms with Gasteiger partial charge in [0.15, 0.2) is 0 Å². The number of hydrogen-bond donors (Lipinski definition) is 1. The van der Waals surface area contributed by atoms with E-state index in [4.69, 9.17) is 0 Å². The number of amides is 1. The number of carbonyl (C=O) groups excluding carboxylic acids is 1. The van der Waals surface area contributed by atoms with Crippen LogP contribution >= 0.6 is 0 Å². The van der Waals surface area contributed by atoms with Gasteiger partial charge in [-0.25, -0.2) is 0 Å². The van der Waals surface area contributed by atoms with Crippen LogP contribution in [0.1, 0.15) is 54.4 Å². The maximum atomic E-state index is 12.3. The van der Waals surface area contributed by atoms with Gasteiger partial charge in [-0.1, -0.05) is 0 Å². The molecular weight excluding hydrogens is 286 g/mol. The molecule has 3 aliphatic rings. The largest absolute Gasteiger partial charge is 0.351 e. The summed E-state index contributed by atoms with van der Waals surface area (Å²) in [6.07, 6.45) is 2.57. The monoisotopic (exact) mass is 321 g/mol. The highest BCUT2D eigenvalue weighted by Gasteiger charge is 2.60. The van der Waals surface area contributed by atoms with E-state index in [-0.39, 0.29) is 11.4 Å². The molecule has 0 bridgehead atoms. The molecule has 0 aromatic heterocycles. The summed E-state index contributed by atoms with van der Waals surface area (Å²) < 4.78 is 0. The van der Waals surface area contributed by atoms with Crippen LogP contribution in [0.2, 0.25) is 0 Å². The van der Waals surface area contributed by atoms with Crippen LogP contribution in [0.5, 0.6) is 0 Å². The second-order valence-corrected chi connectivity index (χ2v) is 9.94. The number of rotatable bonds is 2. The average molecular weight is 322 g/mol. The topological polar surface area (TPSA) is 35.6 Å². The molecule has 1 amide bonds. The van der Waals surface area contributed by atoms with E-state index < -0.39 is 0 Å². The third-order valence-electron chi connectivity index (χ3n) is 5.95. The minimum absolute atomic E-state index is 0.104. The van der Waals surface area contributed by atoms with Gasteiger partial charge < -0.3 is 5.32 Å². The molecule has 2 saturated heterocycles. The Balaban J connectivity index is 1.45. The fourth-order valence-electron chi connectivity index (χ4n) is 4.60. The Bertz CT molecular complexity index is 442. The highest BCUT2D eigenvalue weighted by atomic mass is 16.2. The fourth-order valence-corrected chi connectivity index (χ4v) is 4.60. The molecule has 1 N–H and O–H groups in total. The minimum Gasteiger partial charge on any atom is -0.351 e. The molecule has 4 heteroatoms. The summed E-state index contributed by atoms with van der Waals surface area (Å²) >= 11 is 0. The molecule has 3 fully saturated rings. The Morgan fingerprint density at radius 3 is 1.91 bits per heavy atom. The first-order valence-electron chi connectivity index (χ1n) is 9.37. The number of hydrogen-bond acceptors (Lipinski definition) is 3. The van der Waals surface area contributed by atoms with Gasteiger partial charge in [0.25, 0.3) is 0 Å². The molecule has 132 valence electrons. The molecule has 0 radical (unpaired) electrons. The van der Waals surface area contributed by atoms with Crippen molar-refractivity contribution in [3.63, 3.8) is 0 Å². The number of nitrogens with one attached hydrogen (secondary N) is 1. The van der Waals surface area contributed by atoms with Gasteiger partial charge in [-0.3, -0.25) is 14.6 Å². The lowest BCUT2D eigenvalue weighted by atomic mass is 9.97. The normalized spacial score (nSPS) is 33.6. The van der Waals surface area contributed by atoms with Crippen LogP contribution in [0.25, 0.3) is 0 Å². The van der Waals surface area contributed by atoms with Crippen molar-refractivity contribution in [3.8, 4) is 0 Å². The van der Waals surface area contributed by atoms with Crippen LogP contribution in [0.3, 0.4) is 0 Å². The van der Waals surface area contributed by atoms with Gasteiger partial charge in [0.05, 0.1) is 0 Å². The first kappa shape index (κ1) is 17.2. The van der Waals surface area contributed by atoms with Crippen molar-refractivity contribution in [3.05, 3.63) is 0 Å². The standard InChI is InChI=1S/C19H35N3O/c1-18(2,3)20-17(23)16-14-11-21(12-15(14)16)13-7-9-22(10-8-13)19(4,5)6/h13-16H,7-12H2,1-6H3,(H,20,23)/t14-,15+,16?. The highest BCUT2D eigenvalue weighted by Crippen LogP contribution is 2.52. The number of likely N-dealkylation sites (tertiary alicyclic amines) is 2. The van der Waals surface area contributed by atoms with Crippen LogP contribution in [0.15, 0.2) is 0 Å². The van der Waals surface area contributed by atoms with Crippen molar-refractivity contribution >= 4 is 5.91 Å². The molecule has 0 spiro atoms. The number of nitrogens with zero attached hydrogens (tertiary/aromatic N) is 2. The lowest BCUT2D eigenvalue weighted by molar-refractivity contribution is -0.124. The predicted octanol–water partition coefficient (Wildman–Crippen LogP) is 2.34. The quantitative estimate of drug-likeness (QED) is 0.848. The molecule has 2 aliphatic heterocycles. The molecule has 1 unspecified atom stereocenters. The molecule has 4 nitrogen and oxygen atoms in total. The minimum atomic E-state index is -0.104. The summed E-state index contributed by atoms with van der Waals surface area (Å²) in [5.41, 5.74) is 0.196. The molecule has 2 heterocycles. The SMILES string of the molecule is CC(C)(C)NC(=O)C1[C@H]2CN(C3CCN(C(C)(C)C)CC3)C[C@@H]12. The predicted molar refractivity (Wildman–Crippen MR) is 94.3 cm³/mol. The van der Waals surface area contributed by atoms with E-state index in [1.54, 1.807) is 0 Å². The summed E-state index contributed by atoms with van der Waals surface area (Å²) in [5.74, 6) is 1.82. The maximum Gasteiger partial charge on any atom is 0.224 e. The van der Waals surface area contributed by atoms with Crippen molar-refractivity contribution in [2.45, 2.75) is 71.5 Å². The Labute approximate surface area is 142 Å². The summed E-state index contributed by atoms with van der Waals surface area (Å²) in [7, 11) is 0. The van der Waals surface area contributed by atoms with Gasteiger partial charge in [0, 0.05) is 49.2 Å². The summed E-state index contributed by atoms with van der Waals surface area (Å²) in [6.45, 7) is 17.9. The third kappa shape index (κ3) is 3.74. The molecule has 1 saturated carbocycles. The second kappa shape index (κ2) is 5.73. The van der Waals surface area contributed by atoms with Crippen LogP contribution in [0.4, 0.5) is 0 Å². The second-order valence-electron chi connectivity index (χ2n) is 9.94. The fraction of sp³-hybridized carbons (Fsp3) is 0.947. The maximum absolute atomic E-state index is 12.3. The molecule has 1 aliphatic carbocycles. The zero-order valence-electron chi connectivity index (χ0n) is 15.9. The van der Waals surface area contributed by atoms with E-state index in [0.717, 1.165) is 19.1 Å². The van der Waals surface area contributed by atoms with E-state index in [2.05, 4.69) is 56.7 Å². The summed E-state index contributed by atoms with van der Waals surface area (Å²) in [6, 6.07) is 0.743. The summed E-state index contributed by atoms with van der Waals surface area (Å²) in [5, 5.41) is 3.16. The molecule has 3 rings (SSSR count). The van der Waals surface area contributed by atoms with Gasteiger partial charge in [0.2, 0.25) is 5.91 Å². The summed E-state index contributed by atoms with van der Waals surface area (Å²) in [4.78, 5) is 17.6. The van der Waals surface area contributed by atoms with Crippen LogP contribution in [0, 0.1) is 17.8 Å². The van der Waals surface area contributed by atoms with Gasteiger partial charge in [-0.15, -0.1) is 0 Å². The first-order valence-corrected chi connectivity index (χ1v) is 9.37. The lowest BCUT2D eigenvalue weighted by Gasteiger charge is -2.43. The zero-order valence-corrected chi connectivity index (χ0v) is 15.9. The molecule has 0 aromatic carbocycles. The third-order valence-corrected chi connectivity index (χ3v) is 5.95. The van der Waals surface area contributed by atoms with E-state index in [1.807, 2.05) is 0 Å². The number of carbonyl (C=O) groups is 1. The van der Waals surface area contributed by atoms with Crippen LogP contribution in [-0.4, -0.2) is 59.0 Å². The molecule has 3 atom stereocenters. The Kier molecular flexibility index (Phi) is 4.29. The smallest absolute Gasteiger partial charge is 0.224 e. The van der Waals surface area contributed by atoms with Gasteiger partial charge in [0.1, 0.15) is 0 Å². The number of piperidine rings is 2. The van der Waals surface area contributed by atoms with Gasteiger partial charge in [-0.05, 0) is 66.2 Å².